The summed E-state index contributed by atoms with van der Waals surface area (Å²) in [6.45, 7) is 5.29. The molecule has 0 saturated heterocycles. The number of hydrogen-bond donors (Lipinski definition) is 2. The average Bonchev–Trinajstić information content (AvgIpc) is 2.67. The van der Waals surface area contributed by atoms with Crippen LogP contribution in [0.2, 0.25) is 0 Å². The molecule has 2 aromatic carbocycles. The van der Waals surface area contributed by atoms with E-state index in [0.29, 0.717) is 11.1 Å². The first-order chi connectivity index (χ1) is 13.6. The molecule has 6 heteroatoms. The molecule has 29 heavy (non-hydrogen) atoms. The van der Waals surface area contributed by atoms with Crippen LogP contribution in [0.1, 0.15) is 50.8 Å². The fourth-order valence-electron chi connectivity index (χ4n) is 3.36. The first-order valence-electron chi connectivity index (χ1n) is 9.12. The van der Waals surface area contributed by atoms with Crippen LogP contribution in [-0.4, -0.2) is 17.0 Å². The lowest BCUT2D eigenvalue weighted by Gasteiger charge is -2.30. The molecular weight excluding hydrogens is 376 g/mol. The monoisotopic (exact) mass is 397 g/mol. The highest BCUT2D eigenvalue weighted by molar-refractivity contribution is 6.08. The van der Waals surface area contributed by atoms with Crippen molar-refractivity contribution in [3.63, 3.8) is 0 Å². The third kappa shape index (κ3) is 3.83. The summed E-state index contributed by atoms with van der Waals surface area (Å²) >= 11 is 0. The van der Waals surface area contributed by atoms with Crippen LogP contribution in [0.3, 0.4) is 0 Å². The predicted octanol–water partition coefficient (Wildman–Crippen LogP) is 5.62. The fourth-order valence-corrected chi connectivity index (χ4v) is 3.36. The lowest BCUT2D eigenvalue weighted by Crippen LogP contribution is -2.25. The van der Waals surface area contributed by atoms with Crippen LogP contribution in [0.25, 0.3) is 0 Å². The molecule has 1 aliphatic carbocycles. The molecule has 0 saturated carbocycles. The van der Waals surface area contributed by atoms with E-state index in [-0.39, 0.29) is 17.7 Å². The topological polar surface area (TPSA) is 66.4 Å². The molecule has 4 nitrogen and oxygen atoms in total. The molecule has 1 unspecified atom stereocenters. The lowest BCUT2D eigenvalue weighted by molar-refractivity contribution is 0.0698. The molecular formula is C23H21F2NO3. The Hall–Kier alpha value is -3.28. The predicted molar refractivity (Wildman–Crippen MR) is 108 cm³/mol. The van der Waals surface area contributed by atoms with E-state index in [1.165, 1.54) is 24.3 Å². The Morgan fingerprint density at radius 3 is 2.48 bits per heavy atom. The summed E-state index contributed by atoms with van der Waals surface area (Å²) in [5.41, 5.74) is 1.38. The van der Waals surface area contributed by atoms with Gasteiger partial charge in [0.05, 0.1) is 11.3 Å². The molecule has 1 aliphatic rings. The van der Waals surface area contributed by atoms with Crippen LogP contribution in [0, 0.1) is 13.8 Å². The Morgan fingerprint density at radius 1 is 1.10 bits per heavy atom. The normalized spacial score (nSPS) is 18.7. The number of carbonyl (C=O) groups is 2. The van der Waals surface area contributed by atoms with Crippen molar-refractivity contribution in [2.75, 3.05) is 5.32 Å². The second kappa shape index (κ2) is 7.62. The minimum Gasteiger partial charge on any atom is -0.478 e. The summed E-state index contributed by atoms with van der Waals surface area (Å²) in [5.74, 6) is -2.98. The summed E-state index contributed by atoms with van der Waals surface area (Å²) in [6.07, 6.45) is 2.18. The molecule has 0 heterocycles. The van der Waals surface area contributed by atoms with Gasteiger partial charge in [0, 0.05) is 17.1 Å². The SMILES string of the molecule is Cc1cccc(C(=O)Nc2cc(C3(C)CC=C(F)C=C3F)ccc2C(=O)O)c1C. The average molecular weight is 397 g/mol. The molecule has 0 fully saturated rings. The Labute approximate surface area is 167 Å². The van der Waals surface area contributed by atoms with Crippen LogP contribution >= 0.6 is 0 Å². The van der Waals surface area contributed by atoms with Crippen molar-refractivity contribution >= 4 is 17.6 Å². The number of nitrogens with one attached hydrogen (secondary N) is 1. The Balaban J connectivity index is 2.03. The van der Waals surface area contributed by atoms with Gasteiger partial charge in [-0.1, -0.05) is 18.2 Å². The van der Waals surface area contributed by atoms with Crippen molar-refractivity contribution in [3.05, 3.63) is 88.0 Å². The smallest absolute Gasteiger partial charge is 0.337 e. The van der Waals surface area contributed by atoms with Crippen molar-refractivity contribution in [2.45, 2.75) is 32.6 Å². The Morgan fingerprint density at radius 2 is 1.83 bits per heavy atom. The van der Waals surface area contributed by atoms with Gasteiger partial charge in [0.25, 0.3) is 5.91 Å². The maximum absolute atomic E-state index is 14.6. The van der Waals surface area contributed by atoms with E-state index in [4.69, 9.17) is 0 Å². The number of carboxylic acids is 1. The molecule has 0 spiro atoms. The first kappa shape index (κ1) is 20.5. The highest BCUT2D eigenvalue weighted by Gasteiger charge is 2.34. The summed E-state index contributed by atoms with van der Waals surface area (Å²) in [4.78, 5) is 24.4. The number of allylic oxidation sites excluding steroid dienone is 4. The van der Waals surface area contributed by atoms with Gasteiger partial charge in [-0.05, 0) is 68.2 Å². The molecule has 0 radical (unpaired) electrons. The number of aryl methyl sites for hydroxylation is 1. The van der Waals surface area contributed by atoms with Crippen LogP contribution in [-0.2, 0) is 5.41 Å². The number of benzene rings is 2. The minimum atomic E-state index is -1.22. The van der Waals surface area contributed by atoms with Crippen molar-refractivity contribution < 1.29 is 23.5 Å². The van der Waals surface area contributed by atoms with Gasteiger partial charge < -0.3 is 10.4 Å². The quantitative estimate of drug-likeness (QED) is 0.703. The largest absolute Gasteiger partial charge is 0.478 e. The van der Waals surface area contributed by atoms with Gasteiger partial charge in [-0.25, -0.2) is 13.6 Å². The highest BCUT2D eigenvalue weighted by atomic mass is 19.1. The number of amides is 1. The number of aromatic carboxylic acids is 1. The van der Waals surface area contributed by atoms with Gasteiger partial charge in [0.1, 0.15) is 11.7 Å². The first-order valence-corrected chi connectivity index (χ1v) is 9.12. The van der Waals surface area contributed by atoms with Gasteiger partial charge in [-0.2, -0.15) is 0 Å². The van der Waals surface area contributed by atoms with E-state index in [2.05, 4.69) is 5.32 Å². The molecule has 1 amide bonds. The molecule has 2 aromatic rings. The van der Waals surface area contributed by atoms with Crippen molar-refractivity contribution in [1.29, 1.82) is 0 Å². The van der Waals surface area contributed by atoms with E-state index in [1.54, 1.807) is 19.1 Å². The number of halogens is 2. The summed E-state index contributed by atoms with van der Waals surface area (Å²) in [6, 6.07) is 9.53. The van der Waals surface area contributed by atoms with E-state index < -0.39 is 28.9 Å². The maximum atomic E-state index is 14.6. The summed E-state index contributed by atoms with van der Waals surface area (Å²) in [5, 5.41) is 12.1. The molecule has 0 aromatic heterocycles. The minimum absolute atomic E-state index is 0.0601. The second-order valence-corrected chi connectivity index (χ2v) is 7.38. The molecule has 0 aliphatic heterocycles. The van der Waals surface area contributed by atoms with Crippen molar-refractivity contribution in [1.82, 2.24) is 0 Å². The fraction of sp³-hybridized carbons (Fsp3) is 0.217. The zero-order valence-corrected chi connectivity index (χ0v) is 16.3. The van der Waals surface area contributed by atoms with Gasteiger partial charge >= 0.3 is 5.97 Å². The van der Waals surface area contributed by atoms with Crippen LogP contribution in [0.4, 0.5) is 14.5 Å². The number of rotatable bonds is 4. The number of anilines is 1. The maximum Gasteiger partial charge on any atom is 0.337 e. The van der Waals surface area contributed by atoms with Crippen LogP contribution < -0.4 is 5.32 Å². The van der Waals surface area contributed by atoms with Crippen LogP contribution in [0.15, 0.2) is 60.2 Å². The Kier molecular flexibility index (Phi) is 5.38. The number of hydrogen-bond acceptors (Lipinski definition) is 2. The molecule has 1 atom stereocenters. The van der Waals surface area contributed by atoms with E-state index in [1.807, 2.05) is 19.9 Å². The standard InChI is InChI=1S/C23H21F2NO3/c1-13-5-4-6-17(14(13)2)21(27)26-19-11-15(7-8-18(19)22(28)29)23(3)10-9-16(24)12-20(23)25/h4-9,11-12H,10H2,1-3H3,(H,26,27)(H,28,29). The van der Waals surface area contributed by atoms with Gasteiger partial charge in [0.2, 0.25) is 0 Å². The molecule has 150 valence electrons. The Bertz CT molecular complexity index is 1070. The third-order valence-electron chi connectivity index (χ3n) is 5.48. The molecule has 0 bridgehead atoms. The zero-order chi connectivity index (χ0) is 21.3. The number of carbonyl (C=O) groups excluding carboxylic acids is 1. The van der Waals surface area contributed by atoms with E-state index in [9.17, 15) is 23.5 Å². The van der Waals surface area contributed by atoms with E-state index in [0.717, 1.165) is 17.2 Å². The van der Waals surface area contributed by atoms with Gasteiger partial charge in [0.15, 0.2) is 0 Å². The van der Waals surface area contributed by atoms with Crippen molar-refractivity contribution in [2.24, 2.45) is 0 Å². The molecule has 3 rings (SSSR count). The number of carboxylic acid groups (broad SMARTS) is 1. The summed E-state index contributed by atoms with van der Waals surface area (Å²) < 4.78 is 27.9. The van der Waals surface area contributed by atoms with Crippen LogP contribution in [0.5, 0.6) is 0 Å². The lowest BCUT2D eigenvalue weighted by atomic mass is 9.75. The third-order valence-corrected chi connectivity index (χ3v) is 5.48. The highest BCUT2D eigenvalue weighted by Crippen LogP contribution is 2.41. The summed E-state index contributed by atoms with van der Waals surface area (Å²) in [7, 11) is 0. The van der Waals surface area contributed by atoms with Crippen molar-refractivity contribution in [3.8, 4) is 0 Å². The van der Waals surface area contributed by atoms with Gasteiger partial charge in [-0.15, -0.1) is 0 Å². The van der Waals surface area contributed by atoms with Gasteiger partial charge in [-0.3, -0.25) is 4.79 Å². The zero-order valence-electron chi connectivity index (χ0n) is 16.3. The second-order valence-electron chi connectivity index (χ2n) is 7.38. The molecule has 2 N–H and O–H groups in total. The van der Waals surface area contributed by atoms with E-state index >= 15 is 0 Å².